The molecule has 0 bridgehead atoms. The predicted molar refractivity (Wildman–Crippen MR) is 85.8 cm³/mol. The molecule has 0 aromatic carbocycles. The van der Waals surface area contributed by atoms with Crippen molar-refractivity contribution in [3.63, 3.8) is 0 Å². The summed E-state index contributed by atoms with van der Waals surface area (Å²) >= 11 is 1.66. The maximum Gasteiger partial charge on any atom is 0.261 e. The van der Waals surface area contributed by atoms with Gasteiger partial charge in [0.05, 0.1) is 4.88 Å². The molecule has 1 amide bonds. The van der Waals surface area contributed by atoms with E-state index < -0.39 is 0 Å². The molecule has 2 aromatic heterocycles. The third-order valence-corrected chi connectivity index (χ3v) is 5.18. The number of carbonyl (C=O) groups is 1. The van der Waals surface area contributed by atoms with Crippen LogP contribution in [-0.4, -0.2) is 17.4 Å². The highest BCUT2D eigenvalue weighted by Crippen LogP contribution is 2.32. The van der Waals surface area contributed by atoms with E-state index in [4.69, 9.17) is 0 Å². The van der Waals surface area contributed by atoms with Gasteiger partial charge in [0.1, 0.15) is 0 Å². The van der Waals surface area contributed by atoms with Gasteiger partial charge in [-0.15, -0.1) is 11.3 Å². The van der Waals surface area contributed by atoms with Crippen molar-refractivity contribution in [1.29, 1.82) is 0 Å². The molecule has 3 nitrogen and oxygen atoms in total. The number of amides is 1. The van der Waals surface area contributed by atoms with Crippen LogP contribution in [0.15, 0.2) is 30.5 Å². The van der Waals surface area contributed by atoms with Gasteiger partial charge in [-0.05, 0) is 48.9 Å². The number of aryl methyl sites for hydroxylation is 1. The minimum atomic E-state index is 0.0537. The van der Waals surface area contributed by atoms with Gasteiger partial charge >= 0.3 is 0 Å². The summed E-state index contributed by atoms with van der Waals surface area (Å²) in [4.78, 5) is 18.7. The molecule has 0 unspecified atom stereocenters. The van der Waals surface area contributed by atoms with Crippen molar-refractivity contribution < 1.29 is 4.79 Å². The second-order valence-corrected chi connectivity index (χ2v) is 6.87. The number of thiophene rings is 1. The molecule has 0 saturated heterocycles. The Labute approximate surface area is 129 Å². The first-order chi connectivity index (χ1) is 10.2. The maximum atomic E-state index is 12.2. The zero-order valence-corrected chi connectivity index (χ0v) is 13.1. The predicted octanol–water partition coefficient (Wildman–Crippen LogP) is 3.24. The topological polar surface area (TPSA) is 42.0 Å². The smallest absolute Gasteiger partial charge is 0.261 e. The van der Waals surface area contributed by atoms with Gasteiger partial charge in [-0.1, -0.05) is 13.0 Å². The summed E-state index contributed by atoms with van der Waals surface area (Å²) in [6.45, 7) is 2.92. The number of rotatable bonds is 4. The fourth-order valence-corrected chi connectivity index (χ4v) is 3.88. The first-order valence-corrected chi connectivity index (χ1v) is 8.33. The Morgan fingerprint density at radius 2 is 2.38 bits per heavy atom. The number of aromatic nitrogens is 1. The average Bonchev–Trinajstić information content (AvgIpc) is 2.91. The van der Waals surface area contributed by atoms with Gasteiger partial charge in [-0.3, -0.25) is 9.78 Å². The Morgan fingerprint density at radius 3 is 3.19 bits per heavy atom. The van der Waals surface area contributed by atoms with Crippen molar-refractivity contribution in [3.05, 3.63) is 51.5 Å². The molecule has 0 fully saturated rings. The molecule has 1 atom stereocenters. The molecule has 110 valence electrons. The zero-order chi connectivity index (χ0) is 14.7. The van der Waals surface area contributed by atoms with Gasteiger partial charge in [0, 0.05) is 29.7 Å². The van der Waals surface area contributed by atoms with Crippen molar-refractivity contribution >= 4 is 17.2 Å². The largest absolute Gasteiger partial charge is 0.351 e. The number of hydrogen-bond acceptors (Lipinski definition) is 3. The van der Waals surface area contributed by atoms with Crippen LogP contribution in [0.25, 0.3) is 0 Å². The van der Waals surface area contributed by atoms with E-state index in [0.717, 1.165) is 35.8 Å². The van der Waals surface area contributed by atoms with Crippen LogP contribution in [0, 0.1) is 5.92 Å². The number of hydrogen-bond donors (Lipinski definition) is 1. The van der Waals surface area contributed by atoms with Crippen LogP contribution >= 0.6 is 11.3 Å². The maximum absolute atomic E-state index is 12.2. The average molecular weight is 300 g/mol. The van der Waals surface area contributed by atoms with Gasteiger partial charge in [0.2, 0.25) is 0 Å². The first kappa shape index (κ1) is 14.3. The lowest BCUT2D eigenvalue weighted by atomic mass is 9.90. The molecule has 0 radical (unpaired) electrons. The number of carbonyl (C=O) groups excluding carboxylic acids is 1. The van der Waals surface area contributed by atoms with Crippen molar-refractivity contribution in [1.82, 2.24) is 10.3 Å². The first-order valence-electron chi connectivity index (χ1n) is 7.52. The molecule has 21 heavy (non-hydrogen) atoms. The summed E-state index contributed by atoms with van der Waals surface area (Å²) < 4.78 is 0. The van der Waals surface area contributed by atoms with Gasteiger partial charge in [0.25, 0.3) is 5.91 Å². The molecule has 2 aromatic rings. The summed E-state index contributed by atoms with van der Waals surface area (Å²) in [7, 11) is 0. The van der Waals surface area contributed by atoms with Crippen LogP contribution in [0.1, 0.15) is 39.2 Å². The summed E-state index contributed by atoms with van der Waals surface area (Å²) in [6.07, 6.45) is 6.05. The van der Waals surface area contributed by atoms with Crippen LogP contribution in [-0.2, 0) is 19.3 Å². The summed E-state index contributed by atoms with van der Waals surface area (Å²) in [6, 6.07) is 7.95. The lowest BCUT2D eigenvalue weighted by Gasteiger charge is -2.16. The normalized spacial score (nSPS) is 17.3. The molecule has 1 aliphatic carbocycles. The Morgan fingerprint density at radius 1 is 1.48 bits per heavy atom. The van der Waals surface area contributed by atoms with E-state index in [-0.39, 0.29) is 5.91 Å². The lowest BCUT2D eigenvalue weighted by Crippen LogP contribution is -2.25. The van der Waals surface area contributed by atoms with Crippen LogP contribution in [0.2, 0.25) is 0 Å². The molecule has 3 rings (SSSR count). The Kier molecular flexibility index (Phi) is 4.34. The van der Waals surface area contributed by atoms with Gasteiger partial charge in [-0.25, -0.2) is 0 Å². The molecule has 0 spiro atoms. The molecule has 4 heteroatoms. The van der Waals surface area contributed by atoms with E-state index in [9.17, 15) is 4.79 Å². The van der Waals surface area contributed by atoms with Crippen molar-refractivity contribution in [2.45, 2.75) is 32.6 Å². The van der Waals surface area contributed by atoms with Crippen LogP contribution in [0.3, 0.4) is 0 Å². The highest BCUT2D eigenvalue weighted by Gasteiger charge is 2.20. The quantitative estimate of drug-likeness (QED) is 0.942. The number of pyridine rings is 1. The second kappa shape index (κ2) is 6.39. The van der Waals surface area contributed by atoms with E-state index in [1.807, 2.05) is 18.2 Å². The van der Waals surface area contributed by atoms with E-state index in [1.165, 1.54) is 16.9 Å². The summed E-state index contributed by atoms with van der Waals surface area (Å²) in [5, 5.41) is 3.00. The third-order valence-electron chi connectivity index (χ3n) is 3.95. The SMILES string of the molecule is C[C@@H]1CCc2sc(C(=O)NCCc3ccccn3)cc2C1. The van der Waals surface area contributed by atoms with Crippen molar-refractivity contribution in [2.75, 3.05) is 6.54 Å². The number of nitrogens with zero attached hydrogens (tertiary/aromatic N) is 1. The minimum absolute atomic E-state index is 0.0537. The molecule has 1 N–H and O–H groups in total. The Bertz CT molecular complexity index is 621. The van der Waals surface area contributed by atoms with E-state index >= 15 is 0 Å². The Balaban J connectivity index is 1.56. The highest BCUT2D eigenvalue weighted by molar-refractivity contribution is 7.14. The van der Waals surface area contributed by atoms with Crippen LogP contribution in [0.4, 0.5) is 0 Å². The fraction of sp³-hybridized carbons (Fsp3) is 0.412. The fourth-order valence-electron chi connectivity index (χ4n) is 2.75. The van der Waals surface area contributed by atoms with Crippen LogP contribution in [0.5, 0.6) is 0 Å². The lowest BCUT2D eigenvalue weighted by molar-refractivity contribution is 0.0958. The zero-order valence-electron chi connectivity index (χ0n) is 12.3. The summed E-state index contributed by atoms with van der Waals surface area (Å²) in [5.41, 5.74) is 2.39. The van der Waals surface area contributed by atoms with Gasteiger partial charge < -0.3 is 5.32 Å². The highest BCUT2D eigenvalue weighted by atomic mass is 32.1. The number of fused-ring (bicyclic) bond motifs is 1. The van der Waals surface area contributed by atoms with Crippen molar-refractivity contribution in [3.8, 4) is 0 Å². The monoisotopic (exact) mass is 300 g/mol. The second-order valence-electron chi connectivity index (χ2n) is 5.73. The van der Waals surface area contributed by atoms with Gasteiger partial charge in [-0.2, -0.15) is 0 Å². The molecule has 0 aliphatic heterocycles. The Hall–Kier alpha value is -1.68. The third kappa shape index (κ3) is 3.50. The molecular weight excluding hydrogens is 280 g/mol. The van der Waals surface area contributed by atoms with E-state index in [1.54, 1.807) is 17.5 Å². The van der Waals surface area contributed by atoms with E-state index in [0.29, 0.717) is 6.54 Å². The minimum Gasteiger partial charge on any atom is -0.351 e. The molecular formula is C17H20N2OS. The van der Waals surface area contributed by atoms with Crippen molar-refractivity contribution in [2.24, 2.45) is 5.92 Å². The number of nitrogens with one attached hydrogen (secondary N) is 1. The summed E-state index contributed by atoms with van der Waals surface area (Å²) in [5.74, 6) is 0.796. The van der Waals surface area contributed by atoms with Crippen LogP contribution < -0.4 is 5.32 Å². The van der Waals surface area contributed by atoms with E-state index in [2.05, 4.69) is 23.3 Å². The molecule has 1 aliphatic rings. The molecule has 0 saturated carbocycles. The standard InChI is InChI=1S/C17H20N2OS/c1-12-5-6-15-13(10-12)11-16(21-15)17(20)19-9-7-14-4-2-3-8-18-14/h2-4,8,11-12H,5-7,9-10H2,1H3,(H,19,20)/t12-/m1/s1. The van der Waals surface area contributed by atoms with Gasteiger partial charge in [0.15, 0.2) is 0 Å². The molecule has 2 heterocycles.